The van der Waals surface area contributed by atoms with Crippen LogP contribution < -0.4 is 5.73 Å². The van der Waals surface area contributed by atoms with Crippen LogP contribution >= 0.6 is 0 Å². The Hall–Kier alpha value is -1.53. The molecule has 2 unspecified atom stereocenters. The second-order valence-electron chi connectivity index (χ2n) is 2.69. The van der Waals surface area contributed by atoms with Crippen molar-refractivity contribution >= 4 is 5.91 Å². The summed E-state index contributed by atoms with van der Waals surface area (Å²) in [7, 11) is 0. The monoisotopic (exact) mass is 200 g/mol. The summed E-state index contributed by atoms with van der Waals surface area (Å²) >= 11 is 0. The number of carbonyl (C=O) groups is 1. The lowest BCUT2D eigenvalue weighted by Gasteiger charge is -2.13. The summed E-state index contributed by atoms with van der Waals surface area (Å²) in [5.74, 6) is -1.71. The summed E-state index contributed by atoms with van der Waals surface area (Å²) in [5.41, 5.74) is 4.60. The number of amides is 1. The van der Waals surface area contributed by atoms with E-state index < -0.39 is 23.9 Å². The summed E-state index contributed by atoms with van der Waals surface area (Å²) in [6.45, 7) is 0. The van der Waals surface area contributed by atoms with Crippen molar-refractivity contribution in [2.75, 3.05) is 0 Å². The molecule has 2 atom stereocenters. The third-order valence-electron chi connectivity index (χ3n) is 1.64. The number of carbonyl (C=O) groups excluding carboxylic acids is 1. The van der Waals surface area contributed by atoms with Gasteiger partial charge in [-0.1, -0.05) is 0 Å². The van der Waals surface area contributed by atoms with E-state index in [9.17, 15) is 14.3 Å². The van der Waals surface area contributed by atoms with Crippen molar-refractivity contribution in [1.29, 1.82) is 0 Å². The minimum Gasteiger partial charge on any atom is -0.383 e. The Balaban J connectivity index is 2.89. The van der Waals surface area contributed by atoms with Crippen LogP contribution in [-0.4, -0.2) is 27.2 Å². The van der Waals surface area contributed by atoms with Gasteiger partial charge in [0.15, 0.2) is 6.10 Å². The van der Waals surface area contributed by atoms with Gasteiger partial charge in [-0.2, -0.15) is 0 Å². The maximum atomic E-state index is 12.6. The Kier molecular flexibility index (Phi) is 3.10. The molecule has 0 aliphatic carbocycles. The van der Waals surface area contributed by atoms with E-state index in [1.165, 1.54) is 0 Å². The van der Waals surface area contributed by atoms with Gasteiger partial charge in [-0.15, -0.1) is 0 Å². The zero-order valence-corrected chi connectivity index (χ0v) is 7.09. The van der Waals surface area contributed by atoms with Gasteiger partial charge in [0, 0.05) is 6.20 Å². The highest BCUT2D eigenvalue weighted by molar-refractivity contribution is 5.79. The summed E-state index contributed by atoms with van der Waals surface area (Å²) < 4.78 is 12.6. The van der Waals surface area contributed by atoms with Crippen LogP contribution in [-0.2, 0) is 4.79 Å². The van der Waals surface area contributed by atoms with Gasteiger partial charge in [0.2, 0.25) is 5.91 Å². The highest BCUT2D eigenvalue weighted by Gasteiger charge is 2.24. The average Bonchev–Trinajstić information content (AvgIpc) is 2.15. The molecule has 0 spiro atoms. The molecule has 0 saturated heterocycles. The van der Waals surface area contributed by atoms with E-state index in [-0.39, 0.29) is 5.69 Å². The molecule has 1 heterocycles. The van der Waals surface area contributed by atoms with Crippen LogP contribution in [0.15, 0.2) is 18.3 Å². The number of pyridine rings is 1. The number of aliphatic hydroxyl groups excluding tert-OH is 2. The van der Waals surface area contributed by atoms with E-state index in [2.05, 4.69) is 4.98 Å². The van der Waals surface area contributed by atoms with Crippen LogP contribution in [0, 0.1) is 5.82 Å². The zero-order chi connectivity index (χ0) is 10.7. The zero-order valence-electron chi connectivity index (χ0n) is 7.09. The first kappa shape index (κ1) is 10.6. The number of nitrogens with zero attached hydrogens (tertiary/aromatic N) is 1. The van der Waals surface area contributed by atoms with Gasteiger partial charge in [-0.3, -0.25) is 9.78 Å². The van der Waals surface area contributed by atoms with Gasteiger partial charge in [0.1, 0.15) is 11.9 Å². The smallest absolute Gasteiger partial charge is 0.249 e. The van der Waals surface area contributed by atoms with E-state index in [1.807, 2.05) is 0 Å². The summed E-state index contributed by atoms with van der Waals surface area (Å²) in [6, 6.07) is 1.99. The van der Waals surface area contributed by atoms with Crippen LogP contribution in [0.5, 0.6) is 0 Å². The van der Waals surface area contributed by atoms with E-state index >= 15 is 0 Å². The minimum absolute atomic E-state index is 0.142. The van der Waals surface area contributed by atoms with Crippen LogP contribution in [0.2, 0.25) is 0 Å². The molecule has 0 aliphatic heterocycles. The van der Waals surface area contributed by atoms with Crippen molar-refractivity contribution in [2.24, 2.45) is 5.73 Å². The fraction of sp³-hybridized carbons (Fsp3) is 0.250. The molecule has 1 aromatic rings. The largest absolute Gasteiger partial charge is 0.383 e. The Bertz CT molecular complexity index is 345. The molecule has 0 aliphatic rings. The normalized spacial score (nSPS) is 14.8. The molecule has 1 aromatic heterocycles. The van der Waals surface area contributed by atoms with Crippen molar-refractivity contribution < 1.29 is 19.4 Å². The lowest BCUT2D eigenvalue weighted by atomic mass is 10.1. The molecule has 0 radical (unpaired) electrons. The maximum Gasteiger partial charge on any atom is 0.249 e. The molecule has 0 fully saturated rings. The highest BCUT2D eigenvalue weighted by Crippen LogP contribution is 2.14. The molecule has 0 saturated carbocycles. The first-order chi connectivity index (χ1) is 6.52. The van der Waals surface area contributed by atoms with Crippen molar-refractivity contribution in [1.82, 2.24) is 4.98 Å². The molecule has 6 heteroatoms. The van der Waals surface area contributed by atoms with Crippen molar-refractivity contribution in [3.63, 3.8) is 0 Å². The predicted octanol–water partition coefficient (Wildman–Crippen LogP) is -0.900. The van der Waals surface area contributed by atoms with Gasteiger partial charge in [-0.25, -0.2) is 4.39 Å². The number of primary amides is 1. The third-order valence-corrected chi connectivity index (χ3v) is 1.64. The topological polar surface area (TPSA) is 96.4 Å². The number of aromatic nitrogens is 1. The molecular formula is C8H9FN2O3. The third kappa shape index (κ3) is 2.24. The Morgan fingerprint density at radius 2 is 2.21 bits per heavy atom. The molecule has 14 heavy (non-hydrogen) atoms. The molecule has 76 valence electrons. The molecule has 1 amide bonds. The predicted molar refractivity (Wildman–Crippen MR) is 44.4 cm³/mol. The Labute approximate surface area is 79.0 Å². The quantitative estimate of drug-likeness (QED) is 0.589. The van der Waals surface area contributed by atoms with Crippen LogP contribution in [0.1, 0.15) is 11.8 Å². The maximum absolute atomic E-state index is 12.6. The Morgan fingerprint density at radius 3 is 2.71 bits per heavy atom. The summed E-state index contributed by atoms with van der Waals surface area (Å²) in [4.78, 5) is 14.1. The molecule has 0 bridgehead atoms. The number of halogens is 1. The molecule has 0 aromatic carbocycles. The second kappa shape index (κ2) is 4.12. The Morgan fingerprint density at radius 1 is 1.57 bits per heavy atom. The number of rotatable bonds is 3. The molecule has 4 N–H and O–H groups in total. The SMILES string of the molecule is NC(=O)C(O)C(O)c1cc(F)ccn1. The summed E-state index contributed by atoms with van der Waals surface area (Å²) in [5, 5.41) is 18.4. The van der Waals surface area contributed by atoms with E-state index in [1.54, 1.807) is 0 Å². The average molecular weight is 200 g/mol. The van der Waals surface area contributed by atoms with Crippen molar-refractivity contribution in [3.8, 4) is 0 Å². The fourth-order valence-electron chi connectivity index (χ4n) is 0.900. The highest BCUT2D eigenvalue weighted by atomic mass is 19.1. The first-order valence-electron chi connectivity index (χ1n) is 3.79. The lowest BCUT2D eigenvalue weighted by Crippen LogP contribution is -2.34. The molecular weight excluding hydrogens is 191 g/mol. The van der Waals surface area contributed by atoms with Crippen molar-refractivity contribution in [2.45, 2.75) is 12.2 Å². The van der Waals surface area contributed by atoms with Crippen LogP contribution in [0.4, 0.5) is 4.39 Å². The van der Waals surface area contributed by atoms with Crippen molar-refractivity contribution in [3.05, 3.63) is 29.8 Å². The minimum atomic E-state index is -1.79. The lowest BCUT2D eigenvalue weighted by molar-refractivity contribution is -0.132. The number of aliphatic hydroxyl groups is 2. The van der Waals surface area contributed by atoms with Gasteiger partial charge in [0.05, 0.1) is 5.69 Å². The van der Waals surface area contributed by atoms with E-state index in [0.29, 0.717) is 0 Å². The first-order valence-corrected chi connectivity index (χ1v) is 3.79. The fourth-order valence-corrected chi connectivity index (χ4v) is 0.900. The van der Waals surface area contributed by atoms with Gasteiger partial charge >= 0.3 is 0 Å². The van der Waals surface area contributed by atoms with Gasteiger partial charge < -0.3 is 15.9 Å². The van der Waals surface area contributed by atoms with E-state index in [0.717, 1.165) is 18.3 Å². The number of hydrogen-bond acceptors (Lipinski definition) is 4. The van der Waals surface area contributed by atoms with Gasteiger partial charge in [0.25, 0.3) is 0 Å². The molecule has 1 rings (SSSR count). The second-order valence-corrected chi connectivity index (χ2v) is 2.69. The standard InChI is InChI=1S/C8H9FN2O3/c9-4-1-2-11-5(3-4)6(12)7(13)8(10)14/h1-3,6-7,12-13H,(H2,10,14). The number of hydrogen-bond donors (Lipinski definition) is 3. The molecule has 5 nitrogen and oxygen atoms in total. The van der Waals surface area contributed by atoms with Gasteiger partial charge in [-0.05, 0) is 12.1 Å². The number of nitrogens with two attached hydrogens (primary N) is 1. The van der Waals surface area contributed by atoms with Crippen LogP contribution in [0.25, 0.3) is 0 Å². The van der Waals surface area contributed by atoms with Crippen LogP contribution in [0.3, 0.4) is 0 Å². The van der Waals surface area contributed by atoms with E-state index in [4.69, 9.17) is 10.8 Å². The summed E-state index contributed by atoms with van der Waals surface area (Å²) in [6.07, 6.45) is -2.28.